The molecule has 0 radical (unpaired) electrons. The zero-order chi connectivity index (χ0) is 47.3. The van der Waals surface area contributed by atoms with E-state index in [0.29, 0.717) is 5.46 Å². The highest BCUT2D eigenvalue weighted by atomic mass is 35.5. The molecule has 0 bridgehead atoms. The molecule has 10 aromatic rings. The third-order valence-electron chi connectivity index (χ3n) is 14.2. The average Bonchev–Trinajstić information content (AvgIpc) is 3.74. The lowest BCUT2D eigenvalue weighted by Crippen LogP contribution is -2.49. The predicted molar refractivity (Wildman–Crippen MR) is 306 cm³/mol. The molecule has 0 saturated heterocycles. The maximum Gasteiger partial charge on any atom is 0.489 e. The normalized spacial score (nSPS) is 13.1. The Hall–Kier alpha value is -6.57. The van der Waals surface area contributed by atoms with Crippen molar-refractivity contribution >= 4 is 82.6 Å². The van der Waals surface area contributed by atoms with E-state index in [1.54, 1.807) is 16.4 Å². The van der Waals surface area contributed by atoms with Gasteiger partial charge in [-0.25, -0.2) is 0 Å². The first kappa shape index (κ1) is 47.5. The van der Waals surface area contributed by atoms with Crippen LogP contribution in [0.25, 0.3) is 77.2 Å². The third-order valence-corrected chi connectivity index (χ3v) is 21.6. The highest BCUT2D eigenvalue weighted by molar-refractivity contribution is 7.04. The summed E-state index contributed by atoms with van der Waals surface area (Å²) in [6, 6.07) is 73.2. The van der Waals surface area contributed by atoms with Crippen molar-refractivity contribution in [2.45, 2.75) is 47.5 Å². The second kappa shape index (κ2) is 19.1. The molecule has 0 amide bonds. The lowest BCUT2D eigenvalue weighted by molar-refractivity contribution is 0.426. The van der Waals surface area contributed by atoms with Crippen LogP contribution < -0.4 is 26.2 Å². The van der Waals surface area contributed by atoms with Gasteiger partial charge in [-0.2, -0.15) is 0 Å². The average molecular weight is 950 g/mol. The summed E-state index contributed by atoms with van der Waals surface area (Å²) in [5.74, 6) is 0. The standard InChI is InChI=1S/C31H26Si.C18H15ClSi.C13H13BO2.CH4/c1-21-17-18-24(27(19-21)22-11-5-4-6-12-22)28-20-30-31(25-14-8-7-13-23(25)28)26-15-9-10-16-29(26)32(30,2)3;1-20(2)16-10-6-5-9-14(16)18-13-8-4-3-7-12(13)15(19)11-17(18)20;1-10-7-8-13(14(15)16)12(9-10)11-5-3-2-4-6-11;/h4-20H,1-3H3;3-11H,1-2H3;2-9,15-16H,1H3;1H4. The topological polar surface area (TPSA) is 40.5 Å². The minimum Gasteiger partial charge on any atom is -0.423 e. The zero-order valence-corrected chi connectivity index (χ0v) is 42.2. The second-order valence-electron chi connectivity index (χ2n) is 19.3. The zero-order valence-electron chi connectivity index (χ0n) is 39.5. The minimum absolute atomic E-state index is 0. The molecule has 0 saturated carbocycles. The summed E-state index contributed by atoms with van der Waals surface area (Å²) >= 11 is 6.53. The van der Waals surface area contributed by atoms with E-state index in [1.807, 2.05) is 49.4 Å². The molecule has 6 heteroatoms. The molecule has 12 rings (SSSR count). The van der Waals surface area contributed by atoms with Crippen LogP contribution in [-0.2, 0) is 0 Å². The lowest BCUT2D eigenvalue weighted by Gasteiger charge is -2.22. The third kappa shape index (κ3) is 8.54. The molecular weight excluding hydrogens is 891 g/mol. The van der Waals surface area contributed by atoms with Crippen molar-refractivity contribution in [1.82, 2.24) is 0 Å². The Kier molecular flexibility index (Phi) is 13.1. The number of rotatable bonds is 4. The highest BCUT2D eigenvalue weighted by Gasteiger charge is 2.40. The van der Waals surface area contributed by atoms with Gasteiger partial charge in [-0.1, -0.05) is 257 Å². The molecule has 69 heavy (non-hydrogen) atoms. The first-order valence-corrected chi connectivity index (χ1v) is 29.9. The predicted octanol–water partition coefficient (Wildman–Crippen LogP) is 13.6. The van der Waals surface area contributed by atoms with E-state index >= 15 is 0 Å². The summed E-state index contributed by atoms with van der Waals surface area (Å²) in [4.78, 5) is 0. The van der Waals surface area contributed by atoms with Crippen LogP contribution in [0.5, 0.6) is 0 Å². The molecular formula is C63H58BClO2Si2. The van der Waals surface area contributed by atoms with Crippen molar-refractivity contribution in [3.8, 4) is 55.6 Å². The molecule has 0 fully saturated rings. The summed E-state index contributed by atoms with van der Waals surface area (Å²) in [7, 11) is -4.82. The van der Waals surface area contributed by atoms with E-state index in [0.717, 1.165) is 27.1 Å². The van der Waals surface area contributed by atoms with Gasteiger partial charge in [0.1, 0.15) is 16.1 Å². The van der Waals surface area contributed by atoms with E-state index in [1.165, 1.54) is 76.6 Å². The van der Waals surface area contributed by atoms with Crippen LogP contribution in [0.2, 0.25) is 31.2 Å². The number of fused-ring (bicyclic) bond motifs is 10. The number of hydrogen-bond donors (Lipinski definition) is 2. The summed E-state index contributed by atoms with van der Waals surface area (Å²) in [5.41, 5.74) is 15.8. The fourth-order valence-corrected chi connectivity index (χ4v) is 17.3. The molecule has 0 aliphatic carbocycles. The molecule has 0 aromatic heterocycles. The summed E-state index contributed by atoms with van der Waals surface area (Å²) < 4.78 is 0. The molecule has 0 unspecified atom stereocenters. The maximum atomic E-state index is 9.31. The van der Waals surface area contributed by atoms with Crippen molar-refractivity contribution in [1.29, 1.82) is 0 Å². The van der Waals surface area contributed by atoms with Gasteiger partial charge in [0.15, 0.2) is 0 Å². The van der Waals surface area contributed by atoms with Gasteiger partial charge < -0.3 is 10.0 Å². The molecule has 10 aromatic carbocycles. The molecule has 0 spiro atoms. The number of hydrogen-bond acceptors (Lipinski definition) is 2. The lowest BCUT2D eigenvalue weighted by atomic mass is 9.75. The van der Waals surface area contributed by atoms with Crippen LogP contribution >= 0.6 is 11.6 Å². The van der Waals surface area contributed by atoms with E-state index < -0.39 is 23.3 Å². The van der Waals surface area contributed by atoms with Crippen molar-refractivity contribution in [3.05, 3.63) is 222 Å². The van der Waals surface area contributed by atoms with Crippen LogP contribution in [0.3, 0.4) is 0 Å². The summed E-state index contributed by atoms with van der Waals surface area (Å²) in [6.45, 7) is 14.0. The smallest absolute Gasteiger partial charge is 0.423 e. The number of halogens is 1. The first-order valence-electron chi connectivity index (χ1n) is 23.5. The van der Waals surface area contributed by atoms with Gasteiger partial charge in [0.2, 0.25) is 0 Å². The van der Waals surface area contributed by atoms with E-state index in [9.17, 15) is 10.0 Å². The molecule has 2 N–H and O–H groups in total. The van der Waals surface area contributed by atoms with E-state index in [-0.39, 0.29) is 7.43 Å². The molecule has 2 aliphatic rings. The van der Waals surface area contributed by atoms with Crippen LogP contribution in [0.4, 0.5) is 0 Å². The Bertz CT molecular complexity index is 3530. The van der Waals surface area contributed by atoms with E-state index in [4.69, 9.17) is 11.6 Å². The van der Waals surface area contributed by atoms with Crippen LogP contribution in [0.1, 0.15) is 18.6 Å². The van der Waals surface area contributed by atoms with Gasteiger partial charge in [0, 0.05) is 10.4 Å². The van der Waals surface area contributed by atoms with Crippen LogP contribution in [0, 0.1) is 13.8 Å². The van der Waals surface area contributed by atoms with E-state index in [2.05, 4.69) is 191 Å². The largest absolute Gasteiger partial charge is 0.489 e. The van der Waals surface area contributed by atoms with Gasteiger partial charge in [-0.05, 0) is 118 Å². The molecule has 2 aliphatic heterocycles. The fraction of sp³-hybridized carbons (Fsp3) is 0.111. The molecule has 2 nitrogen and oxygen atoms in total. The van der Waals surface area contributed by atoms with Crippen molar-refractivity contribution in [2.75, 3.05) is 0 Å². The van der Waals surface area contributed by atoms with Crippen molar-refractivity contribution < 1.29 is 10.0 Å². The molecule has 340 valence electrons. The Balaban J connectivity index is 0.000000138. The Morgan fingerprint density at radius 1 is 0.362 bits per heavy atom. The summed E-state index contributed by atoms with van der Waals surface area (Å²) in [6.07, 6.45) is 0. The van der Waals surface area contributed by atoms with Crippen LogP contribution in [-0.4, -0.2) is 33.3 Å². The minimum atomic E-state index is -1.77. The summed E-state index contributed by atoms with van der Waals surface area (Å²) in [5, 5.41) is 30.8. The quantitative estimate of drug-likeness (QED) is 0.173. The SMILES string of the molecule is C.C[Si]1(C)c2ccccc2-c2c1cc(Cl)c1ccccc21.Cc1ccc(-c2cc3c(c4ccccc24)-c2ccccc2[Si]3(C)C)c(-c2ccccc2)c1.Cc1ccc(B(O)O)c(-c2ccccc2)c1. The van der Waals surface area contributed by atoms with Gasteiger partial charge in [-0.15, -0.1) is 0 Å². The highest BCUT2D eigenvalue weighted by Crippen LogP contribution is 2.42. The van der Waals surface area contributed by atoms with Gasteiger partial charge in [-0.3, -0.25) is 0 Å². The van der Waals surface area contributed by atoms with Gasteiger partial charge in [0.25, 0.3) is 0 Å². The van der Waals surface area contributed by atoms with Gasteiger partial charge in [0.05, 0.1) is 0 Å². The van der Waals surface area contributed by atoms with Crippen molar-refractivity contribution in [3.63, 3.8) is 0 Å². The monoisotopic (exact) mass is 948 g/mol. The Labute approximate surface area is 415 Å². The Morgan fingerprint density at radius 2 is 0.783 bits per heavy atom. The van der Waals surface area contributed by atoms with Crippen molar-refractivity contribution in [2.24, 2.45) is 0 Å². The number of aryl methyl sites for hydroxylation is 2. The molecule has 2 heterocycles. The second-order valence-corrected chi connectivity index (χ2v) is 28.4. The fourth-order valence-electron chi connectivity index (χ4n) is 10.8. The molecule has 0 atom stereocenters. The first-order chi connectivity index (χ1) is 32.8. The number of benzene rings is 10. The van der Waals surface area contributed by atoms with Crippen LogP contribution in [0.15, 0.2) is 206 Å². The Morgan fingerprint density at radius 3 is 1.33 bits per heavy atom. The van der Waals surface area contributed by atoms with Gasteiger partial charge >= 0.3 is 7.12 Å². The maximum absolute atomic E-state index is 9.31.